The van der Waals surface area contributed by atoms with E-state index in [2.05, 4.69) is 187 Å². The molecule has 0 amide bonds. The maximum Gasteiger partial charge on any atom is 0.137 e. The molecule has 248 valence electrons. The Hall–Kier alpha value is -6.68. The molecule has 9 aromatic carbocycles. The van der Waals surface area contributed by atoms with Gasteiger partial charge >= 0.3 is 0 Å². The molecule has 0 N–H and O–H groups in total. The minimum absolute atomic E-state index is 0.877. The summed E-state index contributed by atoms with van der Waals surface area (Å²) in [5.41, 5.74) is 9.91. The maximum absolute atomic E-state index is 6.41. The highest BCUT2D eigenvalue weighted by molar-refractivity contribution is 7.26. The molecule has 0 saturated heterocycles. The highest BCUT2D eigenvalue weighted by Gasteiger charge is 2.21. The van der Waals surface area contributed by atoms with Crippen LogP contribution in [0.3, 0.4) is 0 Å². The number of hydrogen-bond donors (Lipinski definition) is 0. The first-order chi connectivity index (χ1) is 26.2. The van der Waals surface area contributed by atoms with Crippen molar-refractivity contribution in [1.29, 1.82) is 0 Å². The molecule has 0 bridgehead atoms. The van der Waals surface area contributed by atoms with Gasteiger partial charge in [0.15, 0.2) is 0 Å². The zero-order chi connectivity index (χ0) is 34.9. The van der Waals surface area contributed by atoms with Crippen molar-refractivity contribution < 1.29 is 4.42 Å². The highest BCUT2D eigenvalue weighted by Crippen LogP contribution is 2.47. The minimum Gasteiger partial charge on any atom is -0.456 e. The van der Waals surface area contributed by atoms with Crippen LogP contribution in [0.4, 0.5) is 17.1 Å². The zero-order valence-electron chi connectivity index (χ0n) is 28.7. The molecule has 0 aliphatic heterocycles. The number of rotatable bonds is 5. The molecule has 0 atom stereocenters. The smallest absolute Gasteiger partial charge is 0.137 e. The number of nitrogens with zero attached hydrogens (tertiary/aromatic N) is 1. The SMILES string of the molecule is c1ccc2cc(-c3ccc(N(c4ccc5sc6cccc(-c7ccc8ccccc8c7)c6c5c4)c4cccc5oc6ccccc6c45)cc3)ccc2c1. The molecule has 0 radical (unpaired) electrons. The zero-order valence-corrected chi connectivity index (χ0v) is 29.5. The Morgan fingerprint density at radius 3 is 1.83 bits per heavy atom. The molecule has 3 heteroatoms. The van der Waals surface area contributed by atoms with Gasteiger partial charge in [0.25, 0.3) is 0 Å². The molecule has 11 rings (SSSR count). The van der Waals surface area contributed by atoms with Gasteiger partial charge in [-0.05, 0) is 111 Å². The first kappa shape index (κ1) is 30.0. The Morgan fingerprint density at radius 2 is 1.02 bits per heavy atom. The van der Waals surface area contributed by atoms with E-state index < -0.39 is 0 Å². The van der Waals surface area contributed by atoms with Crippen LogP contribution in [0, 0.1) is 0 Å². The first-order valence-corrected chi connectivity index (χ1v) is 18.8. The van der Waals surface area contributed by atoms with Gasteiger partial charge in [-0.15, -0.1) is 11.3 Å². The molecule has 2 aromatic heterocycles. The molecule has 0 aliphatic carbocycles. The van der Waals surface area contributed by atoms with E-state index in [1.165, 1.54) is 64.0 Å². The third kappa shape index (κ3) is 4.93. The van der Waals surface area contributed by atoms with Gasteiger partial charge < -0.3 is 9.32 Å². The Labute approximate surface area is 310 Å². The number of furan rings is 1. The molecule has 0 spiro atoms. The summed E-state index contributed by atoms with van der Waals surface area (Å²) in [4.78, 5) is 2.40. The van der Waals surface area contributed by atoms with Gasteiger partial charge in [-0.3, -0.25) is 0 Å². The van der Waals surface area contributed by atoms with Crippen LogP contribution in [0.25, 0.3) is 85.9 Å². The van der Waals surface area contributed by atoms with Crippen LogP contribution in [0.15, 0.2) is 192 Å². The van der Waals surface area contributed by atoms with Crippen molar-refractivity contribution in [3.05, 3.63) is 188 Å². The van der Waals surface area contributed by atoms with Gasteiger partial charge in [-0.25, -0.2) is 0 Å². The quantitative estimate of drug-likeness (QED) is 0.178. The van der Waals surface area contributed by atoms with Crippen LogP contribution in [0.5, 0.6) is 0 Å². The molecule has 0 fully saturated rings. The topological polar surface area (TPSA) is 16.4 Å². The molecule has 2 heterocycles. The van der Waals surface area contributed by atoms with Crippen LogP contribution >= 0.6 is 11.3 Å². The van der Waals surface area contributed by atoms with Gasteiger partial charge in [-0.1, -0.05) is 121 Å². The average molecular weight is 694 g/mol. The van der Waals surface area contributed by atoms with Crippen molar-refractivity contribution in [2.24, 2.45) is 0 Å². The molecule has 0 saturated carbocycles. The normalized spacial score (nSPS) is 11.8. The predicted molar refractivity (Wildman–Crippen MR) is 227 cm³/mol. The van der Waals surface area contributed by atoms with E-state index in [0.29, 0.717) is 0 Å². The van der Waals surface area contributed by atoms with Gasteiger partial charge in [0.2, 0.25) is 0 Å². The van der Waals surface area contributed by atoms with Crippen LogP contribution < -0.4 is 4.90 Å². The fourth-order valence-electron chi connectivity index (χ4n) is 8.09. The lowest BCUT2D eigenvalue weighted by atomic mass is 9.97. The molecule has 53 heavy (non-hydrogen) atoms. The third-order valence-electron chi connectivity index (χ3n) is 10.6. The Morgan fingerprint density at radius 1 is 0.377 bits per heavy atom. The number of hydrogen-bond acceptors (Lipinski definition) is 3. The molecular formula is C50H31NOS. The summed E-state index contributed by atoms with van der Waals surface area (Å²) in [6.07, 6.45) is 0. The second-order valence-electron chi connectivity index (χ2n) is 13.7. The number of fused-ring (bicyclic) bond motifs is 8. The summed E-state index contributed by atoms with van der Waals surface area (Å²) in [6.45, 7) is 0. The van der Waals surface area contributed by atoms with Crippen LogP contribution in [0.2, 0.25) is 0 Å². The Bertz CT molecular complexity index is 3190. The van der Waals surface area contributed by atoms with Crippen molar-refractivity contribution in [3.63, 3.8) is 0 Å². The van der Waals surface area contributed by atoms with Crippen molar-refractivity contribution in [2.45, 2.75) is 0 Å². The summed E-state index contributed by atoms with van der Waals surface area (Å²) in [5.74, 6) is 0. The lowest BCUT2D eigenvalue weighted by Crippen LogP contribution is -2.10. The van der Waals surface area contributed by atoms with Crippen molar-refractivity contribution in [3.8, 4) is 22.3 Å². The average Bonchev–Trinajstić information content (AvgIpc) is 3.80. The fourth-order valence-corrected chi connectivity index (χ4v) is 9.21. The van der Waals surface area contributed by atoms with E-state index in [9.17, 15) is 0 Å². The van der Waals surface area contributed by atoms with E-state index in [0.717, 1.165) is 39.0 Å². The lowest BCUT2D eigenvalue weighted by molar-refractivity contribution is 0.669. The van der Waals surface area contributed by atoms with Gasteiger partial charge in [0.1, 0.15) is 11.2 Å². The summed E-state index contributed by atoms with van der Waals surface area (Å²) in [6, 6.07) is 68.1. The molecule has 0 unspecified atom stereocenters. The first-order valence-electron chi connectivity index (χ1n) is 18.0. The maximum atomic E-state index is 6.41. The monoisotopic (exact) mass is 693 g/mol. The molecule has 11 aromatic rings. The van der Waals surface area contributed by atoms with Crippen LogP contribution in [0.1, 0.15) is 0 Å². The number of anilines is 3. The van der Waals surface area contributed by atoms with Crippen LogP contribution in [-0.2, 0) is 0 Å². The summed E-state index contributed by atoms with van der Waals surface area (Å²) >= 11 is 1.86. The molecular weight excluding hydrogens is 663 g/mol. The van der Waals surface area contributed by atoms with E-state index in [4.69, 9.17) is 4.42 Å². The van der Waals surface area contributed by atoms with Crippen LogP contribution in [-0.4, -0.2) is 0 Å². The molecule has 2 nitrogen and oxygen atoms in total. The van der Waals surface area contributed by atoms with Crippen molar-refractivity contribution in [2.75, 3.05) is 4.90 Å². The number of para-hydroxylation sites is 1. The second kappa shape index (κ2) is 11.9. The Balaban J connectivity index is 1.12. The lowest BCUT2D eigenvalue weighted by Gasteiger charge is -2.26. The standard InChI is InChI=1S/C50H31NOS/c1-3-11-35-29-37(21-19-32(35)9-1)34-23-25-39(26-24-34)51(44-15-8-17-46-50(44)42-13-5-6-16-45(42)52-46)40-27-28-47-43(31-40)49-41(14-7-18-48(49)53-47)38-22-20-33-10-2-4-12-36(33)30-38/h1-31H. The third-order valence-corrected chi connectivity index (χ3v) is 11.8. The second-order valence-corrected chi connectivity index (χ2v) is 14.8. The molecule has 0 aliphatic rings. The number of thiophene rings is 1. The summed E-state index contributed by atoms with van der Waals surface area (Å²) < 4.78 is 8.98. The highest BCUT2D eigenvalue weighted by atomic mass is 32.1. The minimum atomic E-state index is 0.877. The van der Waals surface area contributed by atoms with Gasteiger partial charge in [-0.2, -0.15) is 0 Å². The van der Waals surface area contributed by atoms with E-state index >= 15 is 0 Å². The number of benzene rings is 9. The van der Waals surface area contributed by atoms with E-state index in [-0.39, 0.29) is 0 Å². The van der Waals surface area contributed by atoms with Crippen molar-refractivity contribution in [1.82, 2.24) is 0 Å². The predicted octanol–water partition coefficient (Wildman–Crippen LogP) is 15.1. The van der Waals surface area contributed by atoms with Gasteiger partial charge in [0, 0.05) is 36.9 Å². The fraction of sp³-hybridized carbons (Fsp3) is 0. The van der Waals surface area contributed by atoms with Gasteiger partial charge in [0.05, 0.1) is 11.1 Å². The van der Waals surface area contributed by atoms with Crippen molar-refractivity contribution >= 4 is 92.1 Å². The summed E-state index contributed by atoms with van der Waals surface area (Å²) in [7, 11) is 0. The Kier molecular flexibility index (Phi) is 6.76. The van der Waals surface area contributed by atoms with E-state index in [1.54, 1.807) is 0 Å². The largest absolute Gasteiger partial charge is 0.456 e. The van der Waals surface area contributed by atoms with E-state index in [1.807, 2.05) is 17.4 Å². The summed E-state index contributed by atoms with van der Waals surface area (Å²) in [5, 5.41) is 9.76.